The van der Waals surface area contributed by atoms with Gasteiger partial charge in [0.15, 0.2) is 0 Å². The zero-order chi connectivity index (χ0) is 8.72. The minimum Gasteiger partial charge on any atom is -0.398 e. The van der Waals surface area contributed by atoms with Crippen LogP contribution in [0.5, 0.6) is 0 Å². The first-order valence-corrected chi connectivity index (χ1v) is 5.06. The monoisotopic (exact) mass is 225 g/mol. The summed E-state index contributed by atoms with van der Waals surface area (Å²) in [6.45, 7) is 2.10. The molecule has 1 aromatic carbocycles. The molecule has 0 aromatic heterocycles. The summed E-state index contributed by atoms with van der Waals surface area (Å²) in [4.78, 5) is 0. The number of aryl methyl sites for hydroxylation is 2. The largest absolute Gasteiger partial charge is 0.398 e. The van der Waals surface area contributed by atoms with E-state index in [4.69, 9.17) is 5.73 Å². The Labute approximate surface area is 81.1 Å². The molecule has 0 heterocycles. The van der Waals surface area contributed by atoms with E-state index < -0.39 is 0 Å². The molecule has 0 radical (unpaired) electrons. The van der Waals surface area contributed by atoms with Gasteiger partial charge in [-0.25, -0.2) is 0 Å². The Morgan fingerprint density at radius 2 is 2.17 bits per heavy atom. The average molecular weight is 226 g/mol. The Bertz CT molecular complexity index is 331. The van der Waals surface area contributed by atoms with Gasteiger partial charge in [-0.15, -0.1) is 0 Å². The first kappa shape index (κ1) is 8.11. The zero-order valence-electron chi connectivity index (χ0n) is 7.15. The number of anilines is 1. The van der Waals surface area contributed by atoms with Gasteiger partial charge in [0.25, 0.3) is 0 Å². The first-order valence-electron chi connectivity index (χ1n) is 4.26. The standard InChI is InChI=1S/C10H12BrN/c1-6-5-7-3-2-4-8(7)10(12)9(6)11/h5H,2-4,12H2,1H3. The van der Waals surface area contributed by atoms with Gasteiger partial charge in [0.1, 0.15) is 0 Å². The van der Waals surface area contributed by atoms with Crippen LogP contribution in [0.4, 0.5) is 5.69 Å². The van der Waals surface area contributed by atoms with Gasteiger partial charge in [0.05, 0.1) is 0 Å². The number of nitrogens with two attached hydrogens (primary N) is 1. The van der Waals surface area contributed by atoms with Crippen LogP contribution in [-0.2, 0) is 12.8 Å². The van der Waals surface area contributed by atoms with Gasteiger partial charge in [-0.1, -0.05) is 6.07 Å². The average Bonchev–Trinajstić information content (AvgIpc) is 2.48. The maximum absolute atomic E-state index is 5.99. The third-order valence-corrected chi connectivity index (χ3v) is 3.61. The van der Waals surface area contributed by atoms with Crippen LogP contribution in [0, 0.1) is 6.92 Å². The molecule has 0 fully saturated rings. The van der Waals surface area contributed by atoms with Crippen LogP contribution in [0.15, 0.2) is 10.5 Å². The minimum absolute atomic E-state index is 0.961. The van der Waals surface area contributed by atoms with Crippen molar-refractivity contribution in [2.24, 2.45) is 0 Å². The van der Waals surface area contributed by atoms with Crippen molar-refractivity contribution in [3.05, 3.63) is 27.2 Å². The van der Waals surface area contributed by atoms with E-state index in [1.54, 1.807) is 0 Å². The van der Waals surface area contributed by atoms with Crippen molar-refractivity contribution in [2.75, 3.05) is 5.73 Å². The Morgan fingerprint density at radius 1 is 1.42 bits per heavy atom. The number of nitrogen functional groups attached to an aromatic ring is 1. The van der Waals surface area contributed by atoms with E-state index in [-0.39, 0.29) is 0 Å². The van der Waals surface area contributed by atoms with Crippen LogP contribution < -0.4 is 5.73 Å². The third-order valence-electron chi connectivity index (χ3n) is 2.56. The van der Waals surface area contributed by atoms with Crippen LogP contribution in [0.25, 0.3) is 0 Å². The molecule has 1 nitrogen and oxygen atoms in total. The normalized spacial score (nSPS) is 14.8. The second-order valence-corrected chi connectivity index (χ2v) is 4.21. The molecule has 0 spiro atoms. The maximum atomic E-state index is 5.99. The van der Waals surface area contributed by atoms with Crippen LogP contribution in [0.1, 0.15) is 23.1 Å². The Kier molecular flexibility index (Phi) is 1.87. The van der Waals surface area contributed by atoms with Crippen LogP contribution >= 0.6 is 15.9 Å². The molecular formula is C10H12BrN. The molecule has 0 unspecified atom stereocenters. The molecule has 1 aliphatic carbocycles. The third kappa shape index (κ3) is 1.06. The molecule has 1 aromatic rings. The Morgan fingerprint density at radius 3 is 2.92 bits per heavy atom. The topological polar surface area (TPSA) is 26.0 Å². The van der Waals surface area contributed by atoms with Crippen LogP contribution in [-0.4, -0.2) is 0 Å². The number of hydrogen-bond acceptors (Lipinski definition) is 1. The molecule has 64 valence electrons. The van der Waals surface area contributed by atoms with Crippen molar-refractivity contribution >= 4 is 21.6 Å². The summed E-state index contributed by atoms with van der Waals surface area (Å²) in [7, 11) is 0. The molecule has 0 saturated heterocycles. The smallest absolute Gasteiger partial charge is 0.0496 e. The molecular weight excluding hydrogens is 214 g/mol. The number of benzene rings is 1. The van der Waals surface area contributed by atoms with E-state index in [2.05, 4.69) is 28.9 Å². The highest BCUT2D eigenvalue weighted by Gasteiger charge is 2.16. The molecule has 2 heteroatoms. The maximum Gasteiger partial charge on any atom is 0.0496 e. The molecule has 2 N–H and O–H groups in total. The van der Waals surface area contributed by atoms with Gasteiger partial charge in [-0.05, 0) is 58.8 Å². The molecule has 0 bridgehead atoms. The summed E-state index contributed by atoms with van der Waals surface area (Å²) in [5.74, 6) is 0. The van der Waals surface area contributed by atoms with Crippen LogP contribution in [0.3, 0.4) is 0 Å². The second kappa shape index (κ2) is 2.77. The summed E-state index contributed by atoms with van der Waals surface area (Å²) in [6.07, 6.45) is 3.61. The van der Waals surface area contributed by atoms with Gasteiger partial charge < -0.3 is 5.73 Å². The fraction of sp³-hybridized carbons (Fsp3) is 0.400. The van der Waals surface area contributed by atoms with E-state index in [1.165, 1.54) is 29.5 Å². The molecule has 0 aliphatic heterocycles. The number of rotatable bonds is 0. The summed E-state index contributed by atoms with van der Waals surface area (Å²) >= 11 is 3.51. The lowest BCUT2D eigenvalue weighted by molar-refractivity contribution is 0.912. The number of fused-ring (bicyclic) bond motifs is 1. The van der Waals surface area contributed by atoms with Gasteiger partial charge in [0, 0.05) is 10.2 Å². The van der Waals surface area contributed by atoms with E-state index >= 15 is 0 Å². The molecule has 1 aliphatic rings. The first-order chi connectivity index (χ1) is 5.70. The van der Waals surface area contributed by atoms with Crippen molar-refractivity contribution in [2.45, 2.75) is 26.2 Å². The molecule has 0 saturated carbocycles. The summed E-state index contributed by atoms with van der Waals surface area (Å²) in [6, 6.07) is 2.25. The molecule has 2 rings (SSSR count). The highest BCUT2D eigenvalue weighted by atomic mass is 79.9. The van der Waals surface area contributed by atoms with Crippen molar-refractivity contribution in [3.63, 3.8) is 0 Å². The van der Waals surface area contributed by atoms with E-state index in [1.807, 2.05) is 0 Å². The van der Waals surface area contributed by atoms with Crippen molar-refractivity contribution in [1.29, 1.82) is 0 Å². The Hall–Kier alpha value is -0.500. The predicted octanol–water partition coefficient (Wildman–Crippen LogP) is 2.83. The zero-order valence-corrected chi connectivity index (χ0v) is 8.74. The van der Waals surface area contributed by atoms with Gasteiger partial charge in [-0.2, -0.15) is 0 Å². The van der Waals surface area contributed by atoms with Crippen molar-refractivity contribution in [1.82, 2.24) is 0 Å². The summed E-state index contributed by atoms with van der Waals surface area (Å²) in [5, 5.41) is 0. The molecule has 0 amide bonds. The van der Waals surface area contributed by atoms with Crippen molar-refractivity contribution < 1.29 is 0 Å². The SMILES string of the molecule is Cc1cc2c(c(N)c1Br)CCC2. The lowest BCUT2D eigenvalue weighted by atomic mass is 10.1. The van der Waals surface area contributed by atoms with Gasteiger partial charge >= 0.3 is 0 Å². The predicted molar refractivity (Wildman–Crippen MR) is 55.3 cm³/mol. The van der Waals surface area contributed by atoms with Gasteiger partial charge in [0.2, 0.25) is 0 Å². The van der Waals surface area contributed by atoms with E-state index in [9.17, 15) is 0 Å². The lowest BCUT2D eigenvalue weighted by Gasteiger charge is -2.08. The van der Waals surface area contributed by atoms with Gasteiger partial charge in [-0.3, -0.25) is 0 Å². The second-order valence-electron chi connectivity index (χ2n) is 3.41. The minimum atomic E-state index is 0.961. The Balaban J connectivity index is 2.67. The van der Waals surface area contributed by atoms with Crippen molar-refractivity contribution in [3.8, 4) is 0 Å². The fourth-order valence-corrected chi connectivity index (χ4v) is 2.26. The van der Waals surface area contributed by atoms with Crippen LogP contribution in [0.2, 0.25) is 0 Å². The quantitative estimate of drug-likeness (QED) is 0.676. The fourth-order valence-electron chi connectivity index (χ4n) is 1.90. The summed E-state index contributed by atoms with van der Waals surface area (Å²) < 4.78 is 1.09. The summed E-state index contributed by atoms with van der Waals surface area (Å²) in [5.41, 5.74) is 11.0. The molecule has 0 atom stereocenters. The number of hydrogen-bond donors (Lipinski definition) is 1. The number of halogens is 1. The van der Waals surface area contributed by atoms with E-state index in [0.29, 0.717) is 0 Å². The lowest BCUT2D eigenvalue weighted by Crippen LogP contribution is -1.96. The highest BCUT2D eigenvalue weighted by Crippen LogP contribution is 2.34. The molecule has 12 heavy (non-hydrogen) atoms. The van der Waals surface area contributed by atoms with E-state index in [0.717, 1.165) is 16.6 Å². The highest BCUT2D eigenvalue weighted by molar-refractivity contribution is 9.10.